The molecule has 9 nitrogen and oxygen atoms in total. The summed E-state index contributed by atoms with van der Waals surface area (Å²) in [5.74, 6) is -0.311. The van der Waals surface area contributed by atoms with Gasteiger partial charge in [0.15, 0.2) is 5.82 Å². The highest BCUT2D eigenvalue weighted by molar-refractivity contribution is 5.92. The Bertz CT molecular complexity index is 1230. The molecule has 3 aromatic rings. The van der Waals surface area contributed by atoms with Crippen molar-refractivity contribution < 1.29 is 32.2 Å². The van der Waals surface area contributed by atoms with E-state index in [0.717, 1.165) is 18.6 Å². The van der Waals surface area contributed by atoms with Crippen molar-refractivity contribution in [2.45, 2.75) is 25.2 Å². The Balaban J connectivity index is 1.55. The number of alkyl halides is 3. The van der Waals surface area contributed by atoms with Gasteiger partial charge in [0.1, 0.15) is 34.8 Å². The van der Waals surface area contributed by atoms with Gasteiger partial charge in [0.2, 0.25) is 5.91 Å². The molecule has 0 radical (unpaired) electrons. The molecule has 1 aromatic heterocycles. The Morgan fingerprint density at radius 1 is 0.943 bits per heavy atom. The molecule has 1 saturated heterocycles. The number of carbonyl (C=O) groups excluding carboxylic acids is 2. The van der Waals surface area contributed by atoms with E-state index in [1.807, 2.05) is 0 Å². The fourth-order valence-corrected chi connectivity index (χ4v) is 3.69. The first-order valence-corrected chi connectivity index (χ1v) is 10.5. The van der Waals surface area contributed by atoms with Crippen molar-refractivity contribution in [3.8, 4) is 28.6 Å². The van der Waals surface area contributed by atoms with E-state index in [-0.39, 0.29) is 17.3 Å². The fourth-order valence-electron chi connectivity index (χ4n) is 3.69. The molecule has 2 amide bonds. The quantitative estimate of drug-likeness (QED) is 0.522. The number of amides is 2. The van der Waals surface area contributed by atoms with Crippen molar-refractivity contribution in [1.82, 2.24) is 9.97 Å². The zero-order chi connectivity index (χ0) is 25.2. The maximum absolute atomic E-state index is 12.3. The van der Waals surface area contributed by atoms with E-state index in [0.29, 0.717) is 35.8 Å². The van der Waals surface area contributed by atoms with E-state index < -0.39 is 24.2 Å². The lowest BCUT2D eigenvalue weighted by molar-refractivity contribution is -0.274. The number of rotatable bonds is 7. The van der Waals surface area contributed by atoms with Crippen LogP contribution in [0.5, 0.6) is 17.2 Å². The van der Waals surface area contributed by atoms with Crippen LogP contribution in [-0.4, -0.2) is 40.7 Å². The molecule has 1 atom stereocenters. The highest BCUT2D eigenvalue weighted by Gasteiger charge is 2.32. The van der Waals surface area contributed by atoms with Crippen molar-refractivity contribution in [2.24, 2.45) is 11.5 Å². The second kappa shape index (κ2) is 9.49. The molecule has 2 aromatic carbocycles. The van der Waals surface area contributed by atoms with Crippen LogP contribution in [0.2, 0.25) is 0 Å². The molecule has 0 aliphatic carbocycles. The van der Waals surface area contributed by atoms with Crippen LogP contribution in [-0.2, 0) is 4.79 Å². The zero-order valence-electron chi connectivity index (χ0n) is 18.2. The lowest BCUT2D eigenvalue weighted by Gasteiger charge is -2.23. The van der Waals surface area contributed by atoms with Crippen LogP contribution in [0.4, 0.5) is 19.0 Å². The van der Waals surface area contributed by atoms with Crippen molar-refractivity contribution in [3.63, 3.8) is 0 Å². The molecule has 2 heterocycles. The summed E-state index contributed by atoms with van der Waals surface area (Å²) in [6, 6.07) is 12.4. The number of hydrogen-bond donors (Lipinski definition) is 2. The molecule has 4 N–H and O–H groups in total. The molecule has 35 heavy (non-hydrogen) atoms. The lowest BCUT2D eigenvalue weighted by Crippen LogP contribution is -2.41. The molecular weight excluding hydrogens is 467 g/mol. The van der Waals surface area contributed by atoms with Gasteiger partial charge in [-0.15, -0.1) is 13.2 Å². The Morgan fingerprint density at radius 3 is 2.11 bits per heavy atom. The molecule has 1 fully saturated rings. The molecule has 0 saturated carbocycles. The van der Waals surface area contributed by atoms with Crippen molar-refractivity contribution in [3.05, 3.63) is 60.3 Å². The molecular formula is C23H20F3N5O4. The maximum atomic E-state index is 12.3. The summed E-state index contributed by atoms with van der Waals surface area (Å²) in [4.78, 5) is 34.1. The standard InChI is InChI=1S/C23H20F3N5O4/c24-23(25,26)35-16-9-7-15(8-10-16)34-14-5-3-13(4-6-14)22-29-17(20(27)32)12-19(30-22)31-11-1-2-18(31)21(28)33/h3-10,12,18H,1-2,11H2,(H2,27,32)(H2,28,33). The van der Waals surface area contributed by atoms with Crippen LogP contribution in [0.1, 0.15) is 23.3 Å². The fraction of sp³-hybridized carbons (Fsp3) is 0.217. The third-order valence-electron chi connectivity index (χ3n) is 5.25. The second-order valence-electron chi connectivity index (χ2n) is 7.70. The third-order valence-corrected chi connectivity index (χ3v) is 5.25. The number of halogens is 3. The average molecular weight is 487 g/mol. The van der Waals surface area contributed by atoms with Crippen LogP contribution in [0.3, 0.4) is 0 Å². The summed E-state index contributed by atoms with van der Waals surface area (Å²) in [7, 11) is 0. The SMILES string of the molecule is NC(=O)c1cc(N2CCCC2C(N)=O)nc(-c2ccc(Oc3ccc(OC(F)(F)F)cc3)cc2)n1. The van der Waals surface area contributed by atoms with Gasteiger partial charge >= 0.3 is 6.36 Å². The second-order valence-corrected chi connectivity index (χ2v) is 7.70. The topological polar surface area (TPSA) is 134 Å². The van der Waals surface area contributed by atoms with Crippen LogP contribution in [0.15, 0.2) is 54.6 Å². The predicted molar refractivity (Wildman–Crippen MR) is 119 cm³/mol. The van der Waals surface area contributed by atoms with Crippen LogP contribution in [0, 0.1) is 0 Å². The average Bonchev–Trinajstić information content (AvgIpc) is 3.30. The number of anilines is 1. The largest absolute Gasteiger partial charge is 0.573 e. The highest BCUT2D eigenvalue weighted by Crippen LogP contribution is 2.30. The van der Waals surface area contributed by atoms with Crippen molar-refractivity contribution >= 4 is 17.6 Å². The maximum Gasteiger partial charge on any atom is 0.573 e. The monoisotopic (exact) mass is 487 g/mol. The normalized spacial score (nSPS) is 15.6. The number of nitrogens with two attached hydrogens (primary N) is 2. The van der Waals surface area contributed by atoms with E-state index in [2.05, 4.69) is 14.7 Å². The van der Waals surface area contributed by atoms with Gasteiger partial charge in [-0.2, -0.15) is 0 Å². The molecule has 0 bridgehead atoms. The first-order valence-electron chi connectivity index (χ1n) is 10.5. The van der Waals surface area contributed by atoms with E-state index in [9.17, 15) is 22.8 Å². The van der Waals surface area contributed by atoms with Gasteiger partial charge < -0.3 is 25.8 Å². The summed E-state index contributed by atoms with van der Waals surface area (Å²) in [5, 5.41) is 0. The zero-order valence-corrected chi connectivity index (χ0v) is 18.2. The van der Waals surface area contributed by atoms with E-state index in [1.54, 1.807) is 29.2 Å². The molecule has 12 heteroatoms. The Labute approximate surface area is 197 Å². The van der Waals surface area contributed by atoms with Gasteiger partial charge in [-0.1, -0.05) is 0 Å². The van der Waals surface area contributed by atoms with Crippen LogP contribution < -0.4 is 25.8 Å². The minimum absolute atomic E-state index is 0.0124. The molecule has 182 valence electrons. The molecule has 4 rings (SSSR count). The first-order chi connectivity index (χ1) is 16.6. The smallest absolute Gasteiger partial charge is 0.457 e. The lowest BCUT2D eigenvalue weighted by atomic mass is 10.2. The van der Waals surface area contributed by atoms with E-state index in [1.165, 1.54) is 18.2 Å². The van der Waals surface area contributed by atoms with Crippen molar-refractivity contribution in [1.29, 1.82) is 0 Å². The summed E-state index contributed by atoms with van der Waals surface area (Å²) >= 11 is 0. The number of carbonyl (C=O) groups is 2. The Morgan fingerprint density at radius 2 is 1.54 bits per heavy atom. The third kappa shape index (κ3) is 5.78. The van der Waals surface area contributed by atoms with Crippen LogP contribution >= 0.6 is 0 Å². The Hall–Kier alpha value is -4.35. The minimum Gasteiger partial charge on any atom is -0.457 e. The van der Waals surface area contributed by atoms with E-state index in [4.69, 9.17) is 16.2 Å². The van der Waals surface area contributed by atoms with Gasteiger partial charge in [0.05, 0.1) is 0 Å². The van der Waals surface area contributed by atoms with Gasteiger partial charge in [0.25, 0.3) is 5.91 Å². The number of nitrogens with zero attached hydrogens (tertiary/aromatic N) is 3. The molecule has 1 aliphatic rings. The summed E-state index contributed by atoms with van der Waals surface area (Å²) in [6.45, 7) is 0.543. The number of benzene rings is 2. The predicted octanol–water partition coefficient (Wildman–Crippen LogP) is 3.39. The van der Waals surface area contributed by atoms with Gasteiger partial charge in [-0.25, -0.2) is 9.97 Å². The van der Waals surface area contributed by atoms with Crippen molar-refractivity contribution in [2.75, 3.05) is 11.4 Å². The molecule has 0 spiro atoms. The summed E-state index contributed by atoms with van der Waals surface area (Å²) in [5.41, 5.74) is 11.5. The van der Waals surface area contributed by atoms with Gasteiger partial charge in [-0.05, 0) is 61.4 Å². The van der Waals surface area contributed by atoms with E-state index >= 15 is 0 Å². The first kappa shape index (κ1) is 23.8. The summed E-state index contributed by atoms with van der Waals surface area (Å²) in [6.07, 6.45) is -3.45. The van der Waals surface area contributed by atoms with Gasteiger partial charge in [0, 0.05) is 18.2 Å². The molecule has 1 unspecified atom stereocenters. The number of primary amides is 2. The Kier molecular flexibility index (Phi) is 6.45. The van der Waals surface area contributed by atoms with Gasteiger partial charge in [-0.3, -0.25) is 9.59 Å². The number of ether oxygens (including phenoxy) is 2. The number of hydrogen-bond acceptors (Lipinski definition) is 7. The number of aromatic nitrogens is 2. The van der Waals surface area contributed by atoms with Crippen LogP contribution in [0.25, 0.3) is 11.4 Å². The molecule has 1 aliphatic heterocycles. The highest BCUT2D eigenvalue weighted by atomic mass is 19.4. The summed E-state index contributed by atoms with van der Waals surface area (Å²) < 4.78 is 46.4. The minimum atomic E-state index is -4.78.